The van der Waals surface area contributed by atoms with Crippen molar-refractivity contribution in [2.24, 2.45) is 5.41 Å². The number of pyridine rings is 1. The molecule has 1 saturated heterocycles. The third kappa shape index (κ3) is 2.58. The summed E-state index contributed by atoms with van der Waals surface area (Å²) in [6, 6.07) is 7.63. The maximum Gasteiger partial charge on any atom is 0.337 e. The maximum absolute atomic E-state index is 11.3. The molecule has 1 aromatic heterocycles. The Hall–Kier alpha value is -2.10. The van der Waals surface area contributed by atoms with Crippen LogP contribution in [0.5, 0.6) is 0 Å². The van der Waals surface area contributed by atoms with Crippen LogP contribution in [0.3, 0.4) is 0 Å². The average molecular weight is 284 g/mol. The van der Waals surface area contributed by atoms with Gasteiger partial charge in [-0.25, -0.2) is 9.78 Å². The second kappa shape index (κ2) is 5.02. The molecule has 2 aromatic rings. The highest BCUT2D eigenvalue weighted by Gasteiger charge is 2.27. The molecule has 1 N–H and O–H groups in total. The first-order valence-electron chi connectivity index (χ1n) is 7.34. The summed E-state index contributed by atoms with van der Waals surface area (Å²) in [6.07, 6.45) is 3.74. The summed E-state index contributed by atoms with van der Waals surface area (Å²) < 4.78 is 0. The Labute approximate surface area is 124 Å². The largest absolute Gasteiger partial charge is 0.478 e. The molecule has 0 unspecified atom stereocenters. The van der Waals surface area contributed by atoms with Gasteiger partial charge in [0.2, 0.25) is 0 Å². The smallest absolute Gasteiger partial charge is 0.337 e. The highest BCUT2D eigenvalue weighted by Crippen LogP contribution is 2.34. The van der Waals surface area contributed by atoms with Crippen LogP contribution >= 0.6 is 0 Å². The van der Waals surface area contributed by atoms with E-state index in [1.807, 2.05) is 24.3 Å². The molecule has 110 valence electrons. The zero-order valence-electron chi connectivity index (χ0n) is 12.5. The third-order valence-corrected chi connectivity index (χ3v) is 4.42. The third-order valence-electron chi connectivity index (χ3n) is 4.42. The number of benzene rings is 1. The van der Waals surface area contributed by atoms with E-state index in [0.717, 1.165) is 42.5 Å². The van der Waals surface area contributed by atoms with E-state index >= 15 is 0 Å². The lowest BCUT2D eigenvalue weighted by Crippen LogP contribution is -2.37. The minimum atomic E-state index is -0.926. The van der Waals surface area contributed by atoms with Gasteiger partial charge in [-0.3, -0.25) is 0 Å². The van der Waals surface area contributed by atoms with Crippen molar-refractivity contribution in [1.82, 2.24) is 4.98 Å². The van der Waals surface area contributed by atoms with Crippen LogP contribution in [0.15, 0.2) is 30.5 Å². The number of hydrogen-bond donors (Lipinski definition) is 1. The van der Waals surface area contributed by atoms with Gasteiger partial charge in [-0.15, -0.1) is 0 Å². The molecule has 0 saturated carbocycles. The lowest BCUT2D eigenvalue weighted by molar-refractivity contribution is 0.0698. The standard InChI is InChI=1S/C17H20N2O2/c1-17(2)7-9-19(10-8-17)15-13-6-4-3-5-12(13)14(11-18-15)16(20)21/h3-6,11H,7-10H2,1-2H3,(H,20,21). The van der Waals surface area contributed by atoms with Crippen molar-refractivity contribution in [3.8, 4) is 0 Å². The summed E-state index contributed by atoms with van der Waals surface area (Å²) in [5.41, 5.74) is 0.652. The molecule has 1 aliphatic heterocycles. The molecule has 1 aromatic carbocycles. The monoisotopic (exact) mass is 284 g/mol. The quantitative estimate of drug-likeness (QED) is 0.916. The van der Waals surface area contributed by atoms with Crippen molar-refractivity contribution in [2.45, 2.75) is 26.7 Å². The zero-order chi connectivity index (χ0) is 15.0. The molecule has 4 nitrogen and oxygen atoms in total. The molecule has 1 fully saturated rings. The van der Waals surface area contributed by atoms with E-state index in [2.05, 4.69) is 23.7 Å². The number of hydrogen-bond acceptors (Lipinski definition) is 3. The number of anilines is 1. The van der Waals surface area contributed by atoms with Gasteiger partial charge in [0.1, 0.15) is 5.82 Å². The SMILES string of the molecule is CC1(C)CCN(c2ncc(C(=O)O)c3ccccc23)CC1. The molecular formula is C17H20N2O2. The van der Waals surface area contributed by atoms with Crippen LogP contribution in [0, 0.1) is 5.41 Å². The summed E-state index contributed by atoms with van der Waals surface area (Å²) in [6.45, 7) is 6.53. The normalized spacial score (nSPS) is 17.9. The van der Waals surface area contributed by atoms with Gasteiger partial charge < -0.3 is 10.0 Å². The Balaban J connectivity index is 2.05. The number of carboxylic acid groups (broad SMARTS) is 1. The molecule has 0 amide bonds. The lowest BCUT2D eigenvalue weighted by atomic mass is 9.82. The number of carbonyl (C=O) groups is 1. The number of fused-ring (bicyclic) bond motifs is 1. The lowest BCUT2D eigenvalue weighted by Gasteiger charge is -2.38. The van der Waals surface area contributed by atoms with Gasteiger partial charge in [-0.1, -0.05) is 38.1 Å². The van der Waals surface area contributed by atoms with Crippen LogP contribution in [0.2, 0.25) is 0 Å². The molecule has 21 heavy (non-hydrogen) atoms. The second-order valence-electron chi connectivity index (χ2n) is 6.50. The van der Waals surface area contributed by atoms with Crippen molar-refractivity contribution in [1.29, 1.82) is 0 Å². The zero-order valence-corrected chi connectivity index (χ0v) is 12.5. The van der Waals surface area contributed by atoms with Crippen molar-refractivity contribution in [3.63, 3.8) is 0 Å². The number of aromatic carboxylic acids is 1. The summed E-state index contributed by atoms with van der Waals surface area (Å²) >= 11 is 0. The van der Waals surface area contributed by atoms with Crippen LogP contribution in [-0.2, 0) is 0 Å². The van der Waals surface area contributed by atoms with Gasteiger partial charge >= 0.3 is 5.97 Å². The fourth-order valence-electron chi connectivity index (χ4n) is 2.92. The molecule has 2 heterocycles. The van der Waals surface area contributed by atoms with Crippen molar-refractivity contribution in [2.75, 3.05) is 18.0 Å². The number of nitrogens with zero attached hydrogens (tertiary/aromatic N) is 2. The first-order chi connectivity index (χ1) is 9.98. The van der Waals surface area contributed by atoms with Crippen LogP contribution in [-0.4, -0.2) is 29.1 Å². The van der Waals surface area contributed by atoms with Gasteiger partial charge in [0.25, 0.3) is 0 Å². The summed E-state index contributed by atoms with van der Waals surface area (Å²) in [4.78, 5) is 18.1. The number of piperidine rings is 1. The Bertz CT molecular complexity index is 684. The Morgan fingerprint density at radius 2 is 1.81 bits per heavy atom. The highest BCUT2D eigenvalue weighted by molar-refractivity contribution is 6.06. The molecule has 0 spiro atoms. The molecule has 0 atom stereocenters. The Kier molecular flexibility index (Phi) is 3.32. The number of aromatic nitrogens is 1. The van der Waals surface area contributed by atoms with Gasteiger partial charge in [0, 0.05) is 30.1 Å². The molecule has 0 aliphatic carbocycles. The summed E-state index contributed by atoms with van der Waals surface area (Å²) in [5, 5.41) is 11.0. The van der Waals surface area contributed by atoms with E-state index in [1.54, 1.807) is 0 Å². The maximum atomic E-state index is 11.3. The molecule has 0 radical (unpaired) electrons. The van der Waals surface area contributed by atoms with Crippen LogP contribution in [0.4, 0.5) is 5.82 Å². The van der Waals surface area contributed by atoms with E-state index in [-0.39, 0.29) is 5.56 Å². The summed E-state index contributed by atoms with van der Waals surface area (Å²) in [5.74, 6) is -0.0175. The first kappa shape index (κ1) is 13.9. The van der Waals surface area contributed by atoms with E-state index in [4.69, 9.17) is 0 Å². The Morgan fingerprint density at radius 3 is 2.43 bits per heavy atom. The van der Waals surface area contributed by atoms with Crippen LogP contribution < -0.4 is 4.90 Å². The predicted octanol–water partition coefficient (Wildman–Crippen LogP) is 3.56. The van der Waals surface area contributed by atoms with Gasteiger partial charge in [-0.2, -0.15) is 0 Å². The predicted molar refractivity (Wildman–Crippen MR) is 83.9 cm³/mol. The number of rotatable bonds is 2. The molecular weight excluding hydrogens is 264 g/mol. The van der Waals surface area contributed by atoms with E-state index < -0.39 is 5.97 Å². The van der Waals surface area contributed by atoms with E-state index in [9.17, 15) is 9.90 Å². The molecule has 3 rings (SSSR count). The van der Waals surface area contributed by atoms with Crippen LogP contribution in [0.25, 0.3) is 10.8 Å². The van der Waals surface area contributed by atoms with E-state index in [0.29, 0.717) is 5.41 Å². The number of carboxylic acids is 1. The Morgan fingerprint density at radius 1 is 1.19 bits per heavy atom. The molecule has 0 bridgehead atoms. The topological polar surface area (TPSA) is 53.4 Å². The second-order valence-corrected chi connectivity index (χ2v) is 6.50. The molecule has 4 heteroatoms. The summed E-state index contributed by atoms with van der Waals surface area (Å²) in [7, 11) is 0. The van der Waals surface area contributed by atoms with Crippen molar-refractivity contribution >= 4 is 22.6 Å². The average Bonchev–Trinajstić information content (AvgIpc) is 2.46. The van der Waals surface area contributed by atoms with Gasteiger partial charge in [-0.05, 0) is 18.3 Å². The van der Waals surface area contributed by atoms with E-state index in [1.165, 1.54) is 6.20 Å². The minimum Gasteiger partial charge on any atom is -0.478 e. The fraction of sp³-hybridized carbons (Fsp3) is 0.412. The van der Waals surface area contributed by atoms with Crippen molar-refractivity contribution < 1.29 is 9.90 Å². The highest BCUT2D eigenvalue weighted by atomic mass is 16.4. The van der Waals surface area contributed by atoms with Gasteiger partial charge in [0.05, 0.1) is 5.56 Å². The minimum absolute atomic E-state index is 0.270. The first-order valence-corrected chi connectivity index (χ1v) is 7.34. The fourth-order valence-corrected chi connectivity index (χ4v) is 2.92. The van der Waals surface area contributed by atoms with Crippen molar-refractivity contribution in [3.05, 3.63) is 36.0 Å². The molecule has 1 aliphatic rings. The van der Waals surface area contributed by atoms with Gasteiger partial charge in [0.15, 0.2) is 0 Å². The van der Waals surface area contributed by atoms with Crippen LogP contribution in [0.1, 0.15) is 37.0 Å².